The standard InChI is InChI=1S/C19H21N3O3S2/c1-5-14(17(20)23)27-19-16-15(10(2)26-18(16)21-9-22-19)11-6-7-12(24-3)13(8-11)25-4/h6-9,14H,5H2,1-4H3,(H2,20,23). The number of aromatic nitrogens is 2. The molecule has 1 unspecified atom stereocenters. The quantitative estimate of drug-likeness (QED) is 0.473. The van der Waals surface area contributed by atoms with E-state index >= 15 is 0 Å². The van der Waals surface area contributed by atoms with Crippen molar-refractivity contribution < 1.29 is 14.3 Å². The third-order valence-electron chi connectivity index (χ3n) is 4.24. The lowest BCUT2D eigenvalue weighted by Crippen LogP contribution is -2.24. The van der Waals surface area contributed by atoms with Gasteiger partial charge in [-0.3, -0.25) is 4.79 Å². The molecule has 27 heavy (non-hydrogen) atoms. The first kappa shape index (κ1) is 19.4. The monoisotopic (exact) mass is 403 g/mol. The summed E-state index contributed by atoms with van der Waals surface area (Å²) in [6.07, 6.45) is 2.17. The smallest absolute Gasteiger partial charge is 0.230 e. The molecule has 6 nitrogen and oxygen atoms in total. The molecular weight excluding hydrogens is 382 g/mol. The fraction of sp³-hybridized carbons (Fsp3) is 0.316. The van der Waals surface area contributed by atoms with E-state index in [1.54, 1.807) is 25.6 Å². The van der Waals surface area contributed by atoms with Gasteiger partial charge in [0.2, 0.25) is 5.91 Å². The van der Waals surface area contributed by atoms with Crippen molar-refractivity contribution in [3.8, 4) is 22.6 Å². The molecule has 0 aliphatic rings. The summed E-state index contributed by atoms with van der Waals surface area (Å²) in [4.78, 5) is 22.6. The molecule has 0 spiro atoms. The van der Waals surface area contributed by atoms with Crippen LogP contribution in [0, 0.1) is 6.92 Å². The lowest BCUT2D eigenvalue weighted by atomic mass is 10.0. The van der Waals surface area contributed by atoms with E-state index in [0.717, 1.165) is 31.2 Å². The van der Waals surface area contributed by atoms with Crippen molar-refractivity contribution in [2.24, 2.45) is 5.73 Å². The largest absolute Gasteiger partial charge is 0.493 e. The fourth-order valence-corrected chi connectivity index (χ4v) is 4.98. The Balaban J connectivity index is 2.19. The van der Waals surface area contributed by atoms with E-state index in [9.17, 15) is 4.79 Å². The van der Waals surface area contributed by atoms with Crippen LogP contribution >= 0.6 is 23.1 Å². The molecule has 0 fully saturated rings. The van der Waals surface area contributed by atoms with Crippen LogP contribution in [0.3, 0.4) is 0 Å². The van der Waals surface area contributed by atoms with Gasteiger partial charge in [-0.15, -0.1) is 11.3 Å². The number of methoxy groups -OCH3 is 2. The minimum atomic E-state index is -0.339. The van der Waals surface area contributed by atoms with Crippen LogP contribution in [0.25, 0.3) is 21.3 Å². The Labute approximate surface area is 166 Å². The van der Waals surface area contributed by atoms with Gasteiger partial charge in [0.1, 0.15) is 16.2 Å². The van der Waals surface area contributed by atoms with Crippen molar-refractivity contribution >= 4 is 39.2 Å². The number of nitrogens with zero attached hydrogens (tertiary/aromatic N) is 2. The summed E-state index contributed by atoms with van der Waals surface area (Å²) in [6.45, 7) is 3.99. The number of thioether (sulfide) groups is 1. The van der Waals surface area contributed by atoms with Crippen molar-refractivity contribution in [2.45, 2.75) is 30.5 Å². The number of hydrogen-bond acceptors (Lipinski definition) is 7. The summed E-state index contributed by atoms with van der Waals surface area (Å²) in [5.41, 5.74) is 7.56. The zero-order valence-electron chi connectivity index (χ0n) is 15.6. The molecule has 0 aliphatic heterocycles. The molecule has 8 heteroatoms. The number of carbonyl (C=O) groups excluding carboxylic acids is 1. The van der Waals surface area contributed by atoms with Crippen LogP contribution in [0.4, 0.5) is 0 Å². The van der Waals surface area contributed by atoms with E-state index in [2.05, 4.69) is 16.9 Å². The van der Waals surface area contributed by atoms with E-state index in [4.69, 9.17) is 15.2 Å². The summed E-state index contributed by atoms with van der Waals surface area (Å²) >= 11 is 2.99. The molecule has 2 N–H and O–H groups in total. The number of thiophene rings is 1. The van der Waals surface area contributed by atoms with E-state index in [0.29, 0.717) is 17.9 Å². The van der Waals surface area contributed by atoms with Crippen LogP contribution in [0.1, 0.15) is 18.2 Å². The number of fused-ring (bicyclic) bond motifs is 1. The number of carbonyl (C=O) groups is 1. The predicted octanol–water partition coefficient (Wildman–Crippen LogP) is 4.04. The van der Waals surface area contributed by atoms with Gasteiger partial charge in [-0.2, -0.15) is 0 Å². The minimum Gasteiger partial charge on any atom is -0.493 e. The molecule has 3 rings (SSSR count). The second kappa shape index (κ2) is 8.14. The van der Waals surface area contributed by atoms with Gasteiger partial charge >= 0.3 is 0 Å². The van der Waals surface area contributed by atoms with Crippen LogP contribution in [0.15, 0.2) is 29.6 Å². The maximum atomic E-state index is 11.7. The van der Waals surface area contributed by atoms with E-state index in [1.165, 1.54) is 18.1 Å². The average molecular weight is 404 g/mol. The fourth-order valence-electron chi connectivity index (χ4n) is 2.92. The Morgan fingerprint density at radius 1 is 1.26 bits per heavy atom. The van der Waals surface area contributed by atoms with E-state index in [-0.39, 0.29) is 11.2 Å². The molecule has 2 aromatic heterocycles. The van der Waals surface area contributed by atoms with Crippen LogP contribution in [-0.2, 0) is 4.79 Å². The maximum absolute atomic E-state index is 11.7. The number of hydrogen-bond donors (Lipinski definition) is 1. The molecule has 0 bridgehead atoms. The van der Waals surface area contributed by atoms with Crippen molar-refractivity contribution in [1.29, 1.82) is 0 Å². The second-order valence-electron chi connectivity index (χ2n) is 5.88. The molecule has 2 heterocycles. The zero-order valence-corrected chi connectivity index (χ0v) is 17.2. The van der Waals surface area contributed by atoms with E-state index < -0.39 is 0 Å². The highest BCUT2D eigenvalue weighted by Crippen LogP contribution is 2.44. The Morgan fingerprint density at radius 2 is 2.00 bits per heavy atom. The maximum Gasteiger partial charge on any atom is 0.230 e. The molecule has 1 atom stereocenters. The van der Waals surface area contributed by atoms with Gasteiger partial charge < -0.3 is 15.2 Å². The number of amides is 1. The van der Waals surface area contributed by atoms with Crippen molar-refractivity contribution in [2.75, 3.05) is 14.2 Å². The van der Waals surface area contributed by atoms with Gasteiger partial charge in [-0.1, -0.05) is 24.8 Å². The Morgan fingerprint density at radius 3 is 2.63 bits per heavy atom. The molecule has 0 saturated heterocycles. The third-order valence-corrected chi connectivity index (χ3v) is 6.64. The number of rotatable bonds is 7. The lowest BCUT2D eigenvalue weighted by Gasteiger charge is -2.13. The Kier molecular flexibility index (Phi) is 5.86. The van der Waals surface area contributed by atoms with Crippen LogP contribution in [-0.4, -0.2) is 35.3 Å². The number of benzene rings is 1. The summed E-state index contributed by atoms with van der Waals surface area (Å²) in [5, 5.41) is 1.37. The number of primary amides is 1. The van der Waals surface area contributed by atoms with Crippen molar-refractivity contribution in [1.82, 2.24) is 9.97 Å². The van der Waals surface area contributed by atoms with Gasteiger partial charge in [-0.05, 0) is 31.0 Å². The first-order chi connectivity index (χ1) is 13.0. The van der Waals surface area contributed by atoms with Gasteiger partial charge in [0.25, 0.3) is 0 Å². The van der Waals surface area contributed by atoms with Crippen LogP contribution < -0.4 is 15.2 Å². The average Bonchev–Trinajstić information content (AvgIpc) is 3.01. The number of nitrogens with two attached hydrogens (primary N) is 1. The lowest BCUT2D eigenvalue weighted by molar-refractivity contribution is -0.117. The van der Waals surface area contributed by atoms with Gasteiger partial charge in [0.05, 0.1) is 24.9 Å². The summed E-state index contributed by atoms with van der Waals surface area (Å²) < 4.78 is 10.8. The van der Waals surface area contributed by atoms with Crippen LogP contribution in [0.5, 0.6) is 11.5 Å². The molecular formula is C19H21N3O3S2. The summed E-state index contributed by atoms with van der Waals surface area (Å²) in [6, 6.07) is 5.81. The minimum absolute atomic E-state index is 0.332. The topological polar surface area (TPSA) is 87.3 Å². The molecule has 0 aliphatic carbocycles. The zero-order chi connectivity index (χ0) is 19.6. The Bertz CT molecular complexity index is 988. The first-order valence-corrected chi connectivity index (χ1v) is 10.1. The number of aryl methyl sites for hydroxylation is 1. The molecule has 3 aromatic rings. The van der Waals surface area contributed by atoms with Gasteiger partial charge in [0.15, 0.2) is 11.5 Å². The molecule has 142 valence electrons. The molecule has 1 amide bonds. The summed E-state index contributed by atoms with van der Waals surface area (Å²) in [7, 11) is 3.23. The van der Waals surface area contributed by atoms with Crippen molar-refractivity contribution in [3.63, 3.8) is 0 Å². The highest BCUT2D eigenvalue weighted by atomic mass is 32.2. The first-order valence-electron chi connectivity index (χ1n) is 8.42. The van der Waals surface area contributed by atoms with Gasteiger partial charge in [-0.25, -0.2) is 9.97 Å². The van der Waals surface area contributed by atoms with Gasteiger partial charge in [0, 0.05) is 10.4 Å². The van der Waals surface area contributed by atoms with E-state index in [1.807, 2.05) is 25.1 Å². The SMILES string of the molecule is CCC(Sc1ncnc2sc(C)c(-c3ccc(OC)c(OC)c3)c12)C(N)=O. The highest BCUT2D eigenvalue weighted by molar-refractivity contribution is 8.00. The normalized spacial score (nSPS) is 12.1. The molecule has 1 aromatic carbocycles. The van der Waals surface area contributed by atoms with Crippen LogP contribution in [0.2, 0.25) is 0 Å². The number of ether oxygens (including phenoxy) is 2. The van der Waals surface area contributed by atoms with Crippen molar-refractivity contribution in [3.05, 3.63) is 29.4 Å². The predicted molar refractivity (Wildman–Crippen MR) is 110 cm³/mol. The Hall–Kier alpha value is -2.32. The molecule has 0 radical (unpaired) electrons. The molecule has 0 saturated carbocycles. The highest BCUT2D eigenvalue weighted by Gasteiger charge is 2.22. The second-order valence-corrected chi connectivity index (χ2v) is 8.27. The summed E-state index contributed by atoms with van der Waals surface area (Å²) in [5.74, 6) is 0.987. The third kappa shape index (κ3) is 3.72.